The molecule has 0 radical (unpaired) electrons. The average molecular weight is 287 g/mol. The molecule has 0 aliphatic heterocycles. The van der Waals surface area contributed by atoms with Crippen LogP contribution in [-0.4, -0.2) is 26.7 Å². The van der Waals surface area contributed by atoms with Crippen molar-refractivity contribution < 1.29 is 23.0 Å². The summed E-state index contributed by atoms with van der Waals surface area (Å²) in [5.41, 5.74) is -1.51. The van der Waals surface area contributed by atoms with E-state index in [1.54, 1.807) is 25.1 Å². The van der Waals surface area contributed by atoms with Crippen molar-refractivity contribution >= 4 is 0 Å². The normalized spacial score (nSPS) is 11.7. The number of alkyl halides is 3. The second-order valence-electron chi connectivity index (χ2n) is 3.85. The summed E-state index contributed by atoms with van der Waals surface area (Å²) in [4.78, 5) is 0. The van der Waals surface area contributed by atoms with E-state index in [1.165, 1.54) is 6.07 Å². The van der Waals surface area contributed by atoms with Gasteiger partial charge in [-0.25, -0.2) is 4.68 Å². The SMILES string of the molecule is CCOc1ccccc1-n1nnc(CO)c1C(F)(F)F. The number of aromatic nitrogens is 3. The highest BCUT2D eigenvalue weighted by molar-refractivity contribution is 5.47. The number of para-hydroxylation sites is 2. The van der Waals surface area contributed by atoms with Crippen LogP contribution in [0.2, 0.25) is 0 Å². The highest BCUT2D eigenvalue weighted by atomic mass is 19.4. The first kappa shape index (κ1) is 14.3. The molecule has 0 fully saturated rings. The molecule has 1 aromatic carbocycles. The van der Waals surface area contributed by atoms with Gasteiger partial charge in [0.25, 0.3) is 0 Å². The van der Waals surface area contributed by atoms with Gasteiger partial charge in [0.15, 0.2) is 5.69 Å². The molecule has 8 heteroatoms. The molecule has 0 atom stereocenters. The molecule has 5 nitrogen and oxygen atoms in total. The molecule has 0 aliphatic carbocycles. The predicted molar refractivity (Wildman–Crippen MR) is 63.5 cm³/mol. The Kier molecular flexibility index (Phi) is 3.93. The van der Waals surface area contributed by atoms with Crippen molar-refractivity contribution in [3.8, 4) is 11.4 Å². The Morgan fingerprint density at radius 3 is 2.60 bits per heavy atom. The van der Waals surface area contributed by atoms with Crippen molar-refractivity contribution in [1.82, 2.24) is 15.0 Å². The van der Waals surface area contributed by atoms with Crippen LogP contribution in [0.1, 0.15) is 18.3 Å². The Morgan fingerprint density at radius 2 is 2.00 bits per heavy atom. The van der Waals surface area contributed by atoms with Gasteiger partial charge in [0.1, 0.15) is 17.1 Å². The van der Waals surface area contributed by atoms with Gasteiger partial charge in [-0.1, -0.05) is 17.3 Å². The summed E-state index contributed by atoms with van der Waals surface area (Å²) in [5.74, 6) is 0.259. The van der Waals surface area contributed by atoms with E-state index in [4.69, 9.17) is 9.84 Å². The smallest absolute Gasteiger partial charge is 0.435 e. The minimum absolute atomic E-state index is 0.119. The van der Waals surface area contributed by atoms with Gasteiger partial charge in [0, 0.05) is 0 Å². The number of benzene rings is 1. The summed E-state index contributed by atoms with van der Waals surface area (Å²) in [5, 5.41) is 15.8. The minimum Gasteiger partial charge on any atom is -0.492 e. The number of rotatable bonds is 4. The summed E-state index contributed by atoms with van der Waals surface area (Å²) in [6.45, 7) is 1.19. The predicted octanol–water partition coefficient (Wildman–Crippen LogP) is 2.18. The second kappa shape index (κ2) is 5.49. The number of ether oxygens (including phenoxy) is 1. The lowest BCUT2D eigenvalue weighted by Crippen LogP contribution is -2.16. The summed E-state index contributed by atoms with van der Waals surface area (Å²) < 4.78 is 45.2. The van der Waals surface area contributed by atoms with Crippen molar-refractivity contribution in [2.75, 3.05) is 6.61 Å². The number of hydrogen-bond donors (Lipinski definition) is 1. The van der Waals surface area contributed by atoms with Crippen LogP contribution in [0.15, 0.2) is 24.3 Å². The zero-order chi connectivity index (χ0) is 14.8. The molecule has 1 aromatic heterocycles. The molecule has 0 saturated carbocycles. The molecular weight excluding hydrogens is 275 g/mol. The standard InChI is InChI=1S/C12H12F3N3O2/c1-2-20-10-6-4-3-5-9(10)18-11(12(13,14)15)8(7-19)16-17-18/h3-6,19H,2,7H2,1H3. The number of nitrogens with zero attached hydrogens (tertiary/aromatic N) is 3. The Hall–Kier alpha value is -2.09. The third-order valence-corrected chi connectivity index (χ3v) is 2.55. The molecule has 108 valence electrons. The fourth-order valence-electron chi connectivity index (χ4n) is 1.78. The number of aliphatic hydroxyl groups excluding tert-OH is 1. The van der Waals surface area contributed by atoms with Gasteiger partial charge < -0.3 is 9.84 Å². The van der Waals surface area contributed by atoms with Crippen molar-refractivity contribution in [3.05, 3.63) is 35.7 Å². The second-order valence-corrected chi connectivity index (χ2v) is 3.85. The maximum Gasteiger partial charge on any atom is 0.435 e. The molecule has 0 aliphatic rings. The van der Waals surface area contributed by atoms with E-state index in [9.17, 15) is 13.2 Å². The molecular formula is C12H12F3N3O2. The number of aliphatic hydroxyl groups is 1. The lowest BCUT2D eigenvalue weighted by molar-refractivity contribution is -0.144. The molecule has 0 unspecified atom stereocenters. The fourth-order valence-corrected chi connectivity index (χ4v) is 1.78. The maximum atomic E-state index is 13.1. The van der Waals surface area contributed by atoms with E-state index in [1.807, 2.05) is 0 Å². The third kappa shape index (κ3) is 2.60. The molecule has 1 N–H and O–H groups in total. The zero-order valence-electron chi connectivity index (χ0n) is 10.6. The van der Waals surface area contributed by atoms with Gasteiger partial charge in [-0.15, -0.1) is 5.10 Å². The van der Waals surface area contributed by atoms with Crippen LogP contribution in [-0.2, 0) is 12.8 Å². The molecule has 1 heterocycles. The van der Waals surface area contributed by atoms with Crippen LogP contribution >= 0.6 is 0 Å². The summed E-state index contributed by atoms with van der Waals surface area (Å²) in [7, 11) is 0. The van der Waals surface area contributed by atoms with Crippen LogP contribution in [0.4, 0.5) is 13.2 Å². The summed E-state index contributed by atoms with van der Waals surface area (Å²) in [6.07, 6.45) is -4.68. The first-order valence-corrected chi connectivity index (χ1v) is 5.83. The fraction of sp³-hybridized carbons (Fsp3) is 0.333. The summed E-state index contributed by atoms with van der Waals surface area (Å²) >= 11 is 0. The molecule has 2 aromatic rings. The largest absolute Gasteiger partial charge is 0.492 e. The average Bonchev–Trinajstić information content (AvgIpc) is 2.83. The van der Waals surface area contributed by atoms with Crippen molar-refractivity contribution in [2.24, 2.45) is 0 Å². The Morgan fingerprint density at radius 1 is 1.30 bits per heavy atom. The number of halogens is 3. The molecule has 0 amide bonds. The molecule has 20 heavy (non-hydrogen) atoms. The van der Waals surface area contributed by atoms with Crippen LogP contribution in [0, 0.1) is 0 Å². The first-order valence-electron chi connectivity index (χ1n) is 5.83. The number of hydrogen-bond acceptors (Lipinski definition) is 4. The maximum absolute atomic E-state index is 13.1. The van der Waals surface area contributed by atoms with Crippen LogP contribution in [0.3, 0.4) is 0 Å². The lowest BCUT2D eigenvalue weighted by atomic mass is 10.2. The van der Waals surface area contributed by atoms with Gasteiger partial charge in [-0.05, 0) is 19.1 Å². The van der Waals surface area contributed by atoms with E-state index >= 15 is 0 Å². The van der Waals surface area contributed by atoms with E-state index in [2.05, 4.69) is 10.3 Å². The van der Waals surface area contributed by atoms with Crippen LogP contribution in [0.5, 0.6) is 5.75 Å². The van der Waals surface area contributed by atoms with Gasteiger partial charge in [-0.3, -0.25) is 0 Å². The van der Waals surface area contributed by atoms with Gasteiger partial charge >= 0.3 is 6.18 Å². The Balaban J connectivity index is 2.62. The monoisotopic (exact) mass is 287 g/mol. The van der Waals surface area contributed by atoms with E-state index in [-0.39, 0.29) is 11.4 Å². The molecule has 2 rings (SSSR count). The van der Waals surface area contributed by atoms with Gasteiger partial charge in [-0.2, -0.15) is 13.2 Å². The topological polar surface area (TPSA) is 60.2 Å². The van der Waals surface area contributed by atoms with Crippen molar-refractivity contribution in [2.45, 2.75) is 19.7 Å². The first-order chi connectivity index (χ1) is 9.49. The molecule has 0 spiro atoms. The summed E-state index contributed by atoms with van der Waals surface area (Å²) in [6, 6.07) is 6.19. The highest BCUT2D eigenvalue weighted by Crippen LogP contribution is 2.34. The molecule has 0 bridgehead atoms. The van der Waals surface area contributed by atoms with Crippen LogP contribution < -0.4 is 4.74 Å². The van der Waals surface area contributed by atoms with Crippen molar-refractivity contribution in [3.63, 3.8) is 0 Å². The molecule has 0 saturated heterocycles. The Labute approximate surface area is 112 Å². The Bertz CT molecular complexity index is 596. The zero-order valence-corrected chi connectivity index (χ0v) is 10.6. The quantitative estimate of drug-likeness (QED) is 0.936. The highest BCUT2D eigenvalue weighted by Gasteiger charge is 2.40. The van der Waals surface area contributed by atoms with Crippen LogP contribution in [0.25, 0.3) is 5.69 Å². The van der Waals surface area contributed by atoms with Gasteiger partial charge in [0.2, 0.25) is 0 Å². The van der Waals surface area contributed by atoms with Crippen molar-refractivity contribution in [1.29, 1.82) is 0 Å². The van der Waals surface area contributed by atoms with E-state index in [0.29, 0.717) is 11.3 Å². The lowest BCUT2D eigenvalue weighted by Gasteiger charge is -2.13. The van der Waals surface area contributed by atoms with E-state index < -0.39 is 24.2 Å². The third-order valence-electron chi connectivity index (χ3n) is 2.55. The minimum atomic E-state index is -4.68. The van der Waals surface area contributed by atoms with E-state index in [0.717, 1.165) is 0 Å². The van der Waals surface area contributed by atoms with Gasteiger partial charge in [0.05, 0.1) is 13.2 Å².